The van der Waals surface area contributed by atoms with Gasteiger partial charge in [-0.3, -0.25) is 4.90 Å². The summed E-state index contributed by atoms with van der Waals surface area (Å²) in [5.74, 6) is 0.824. The van der Waals surface area contributed by atoms with Gasteiger partial charge in [-0.2, -0.15) is 0 Å². The minimum Gasteiger partial charge on any atom is -0.491 e. The molecule has 1 fully saturated rings. The van der Waals surface area contributed by atoms with E-state index in [1.54, 1.807) is 0 Å². The summed E-state index contributed by atoms with van der Waals surface area (Å²) in [7, 11) is 0. The number of β-amino-alcohol motifs (C(OH)–C–C–N with tert-alkyl or cyclic N) is 1. The molecule has 1 aliphatic rings. The lowest BCUT2D eigenvalue weighted by atomic mass is 10.2. The van der Waals surface area contributed by atoms with Crippen LogP contribution in [0.15, 0.2) is 54.6 Å². The van der Waals surface area contributed by atoms with Crippen molar-refractivity contribution in [1.29, 1.82) is 0 Å². The first-order chi connectivity index (χ1) is 12.2. The minimum absolute atomic E-state index is 0. The summed E-state index contributed by atoms with van der Waals surface area (Å²) in [6.45, 7) is 7.07. The summed E-state index contributed by atoms with van der Waals surface area (Å²) >= 11 is 0. The lowest BCUT2D eigenvalue weighted by Gasteiger charge is -2.36. The molecule has 1 saturated heterocycles. The van der Waals surface area contributed by atoms with Gasteiger partial charge >= 0.3 is 0 Å². The van der Waals surface area contributed by atoms with Crippen molar-refractivity contribution in [3.05, 3.63) is 60.2 Å². The molecule has 27 heavy (non-hydrogen) atoms. The molecule has 1 aliphatic heterocycles. The van der Waals surface area contributed by atoms with E-state index >= 15 is 0 Å². The highest BCUT2D eigenvalue weighted by Crippen LogP contribution is 2.16. The van der Waals surface area contributed by atoms with Crippen molar-refractivity contribution in [2.45, 2.75) is 19.4 Å². The molecule has 4 nitrogen and oxygen atoms in total. The number of benzene rings is 2. The Morgan fingerprint density at radius 2 is 1.56 bits per heavy atom. The number of halogens is 2. The van der Waals surface area contributed by atoms with Crippen molar-refractivity contribution in [2.75, 3.05) is 44.2 Å². The first-order valence-electron chi connectivity index (χ1n) is 9.16. The molecule has 3 rings (SSSR count). The zero-order valence-corrected chi connectivity index (χ0v) is 17.4. The first kappa shape index (κ1) is 23.6. The smallest absolute Gasteiger partial charge is 0.119 e. The molecule has 0 saturated carbocycles. The molecule has 150 valence electrons. The van der Waals surface area contributed by atoms with Crippen molar-refractivity contribution >= 4 is 30.5 Å². The second-order valence-corrected chi connectivity index (χ2v) is 6.59. The topological polar surface area (TPSA) is 35.9 Å². The highest BCUT2D eigenvalue weighted by atomic mass is 35.5. The number of ether oxygens (including phenoxy) is 1. The van der Waals surface area contributed by atoms with E-state index in [1.807, 2.05) is 18.2 Å². The largest absolute Gasteiger partial charge is 0.491 e. The third-order valence-electron chi connectivity index (χ3n) is 4.74. The van der Waals surface area contributed by atoms with Crippen molar-refractivity contribution in [2.24, 2.45) is 0 Å². The number of piperazine rings is 1. The number of nitrogens with zero attached hydrogens (tertiary/aromatic N) is 2. The molecule has 0 amide bonds. The number of hydrogen-bond acceptors (Lipinski definition) is 4. The molecule has 0 aromatic heterocycles. The maximum atomic E-state index is 10.3. The number of anilines is 1. The average Bonchev–Trinajstić information content (AvgIpc) is 2.68. The minimum atomic E-state index is -0.464. The molecule has 1 heterocycles. The van der Waals surface area contributed by atoms with Gasteiger partial charge in [-0.1, -0.05) is 37.3 Å². The van der Waals surface area contributed by atoms with Crippen LogP contribution >= 0.6 is 24.8 Å². The Labute approximate surface area is 175 Å². The Morgan fingerprint density at radius 1 is 0.926 bits per heavy atom. The average molecular weight is 413 g/mol. The van der Waals surface area contributed by atoms with Gasteiger partial charge in [0.05, 0.1) is 0 Å². The summed E-state index contributed by atoms with van der Waals surface area (Å²) in [4.78, 5) is 4.71. The van der Waals surface area contributed by atoms with Crippen molar-refractivity contribution in [3.8, 4) is 5.75 Å². The number of hydrogen-bond donors (Lipinski definition) is 1. The lowest BCUT2D eigenvalue weighted by Crippen LogP contribution is -2.49. The molecular weight excluding hydrogens is 383 g/mol. The van der Waals surface area contributed by atoms with Gasteiger partial charge in [0.25, 0.3) is 0 Å². The van der Waals surface area contributed by atoms with E-state index in [1.165, 1.54) is 11.3 Å². The Morgan fingerprint density at radius 3 is 2.15 bits per heavy atom. The highest BCUT2D eigenvalue weighted by Gasteiger charge is 2.19. The Balaban J connectivity index is 0.00000182. The third-order valence-corrected chi connectivity index (χ3v) is 4.74. The SMILES string of the molecule is CCc1ccc(OCC(O)CN2CCN(c3ccccc3)CC2)cc1.Cl.Cl. The van der Waals surface area contributed by atoms with Gasteiger partial charge in [0, 0.05) is 38.4 Å². The summed E-state index contributed by atoms with van der Waals surface area (Å²) in [5, 5.41) is 10.3. The van der Waals surface area contributed by atoms with Gasteiger partial charge in [0.15, 0.2) is 0 Å². The van der Waals surface area contributed by atoms with Crippen LogP contribution in [-0.4, -0.2) is 55.4 Å². The second kappa shape index (κ2) is 12.1. The van der Waals surface area contributed by atoms with E-state index in [2.05, 4.69) is 53.1 Å². The van der Waals surface area contributed by atoms with Crippen LogP contribution in [0.25, 0.3) is 0 Å². The van der Waals surface area contributed by atoms with Crippen molar-refractivity contribution in [3.63, 3.8) is 0 Å². The molecule has 6 heteroatoms. The number of aryl methyl sites for hydroxylation is 1. The van der Waals surface area contributed by atoms with E-state index in [9.17, 15) is 5.11 Å². The molecule has 1 atom stereocenters. The van der Waals surface area contributed by atoms with Gasteiger partial charge in [-0.25, -0.2) is 0 Å². The molecule has 0 bridgehead atoms. The van der Waals surface area contributed by atoms with Crippen molar-refractivity contribution in [1.82, 2.24) is 4.90 Å². The highest BCUT2D eigenvalue weighted by molar-refractivity contribution is 5.85. The number of rotatable bonds is 7. The quantitative estimate of drug-likeness (QED) is 0.752. The predicted octanol–water partition coefficient (Wildman–Crippen LogP) is 3.65. The fraction of sp³-hybridized carbons (Fsp3) is 0.429. The Kier molecular flexibility index (Phi) is 10.6. The normalized spacial score (nSPS) is 15.4. The van der Waals surface area contributed by atoms with Gasteiger partial charge in [-0.05, 0) is 36.2 Å². The number of aliphatic hydroxyl groups is 1. The van der Waals surface area contributed by atoms with Gasteiger partial charge in [0.1, 0.15) is 18.5 Å². The van der Waals surface area contributed by atoms with Crippen LogP contribution in [0.1, 0.15) is 12.5 Å². The van der Waals surface area contributed by atoms with E-state index in [0.29, 0.717) is 13.2 Å². The van der Waals surface area contributed by atoms with Crippen LogP contribution in [-0.2, 0) is 6.42 Å². The summed E-state index contributed by atoms with van der Waals surface area (Å²) in [6.07, 6.45) is 0.562. The lowest BCUT2D eigenvalue weighted by molar-refractivity contribution is 0.0663. The zero-order chi connectivity index (χ0) is 17.5. The van der Waals surface area contributed by atoms with E-state index in [-0.39, 0.29) is 24.8 Å². The maximum absolute atomic E-state index is 10.3. The molecular formula is C21H30Cl2N2O2. The van der Waals surface area contributed by atoms with E-state index in [0.717, 1.165) is 38.3 Å². The fourth-order valence-electron chi connectivity index (χ4n) is 3.19. The molecule has 2 aromatic carbocycles. The van der Waals surface area contributed by atoms with Crippen LogP contribution in [0, 0.1) is 0 Å². The van der Waals surface area contributed by atoms with Crippen LogP contribution in [0.2, 0.25) is 0 Å². The van der Waals surface area contributed by atoms with Crippen LogP contribution < -0.4 is 9.64 Å². The summed E-state index contributed by atoms with van der Waals surface area (Å²) < 4.78 is 5.71. The van der Waals surface area contributed by atoms with E-state index in [4.69, 9.17) is 4.74 Å². The summed E-state index contributed by atoms with van der Waals surface area (Å²) in [5.41, 5.74) is 2.57. The second-order valence-electron chi connectivity index (χ2n) is 6.59. The van der Waals surface area contributed by atoms with E-state index < -0.39 is 6.10 Å². The standard InChI is InChI=1S/C21H28N2O2.2ClH/c1-2-18-8-10-21(11-9-18)25-17-20(24)16-22-12-14-23(15-13-22)19-6-4-3-5-7-19;;/h3-11,20,24H,2,12-17H2,1H3;2*1H. The molecule has 0 radical (unpaired) electrons. The zero-order valence-electron chi connectivity index (χ0n) is 15.8. The van der Waals surface area contributed by atoms with Crippen LogP contribution in [0.5, 0.6) is 5.75 Å². The molecule has 0 aliphatic carbocycles. The van der Waals surface area contributed by atoms with Crippen LogP contribution in [0.3, 0.4) is 0 Å². The number of aliphatic hydroxyl groups excluding tert-OH is 1. The maximum Gasteiger partial charge on any atom is 0.119 e. The Hall–Kier alpha value is -1.46. The third kappa shape index (κ3) is 7.23. The molecule has 1 unspecified atom stereocenters. The van der Waals surface area contributed by atoms with Gasteiger partial charge in [-0.15, -0.1) is 24.8 Å². The van der Waals surface area contributed by atoms with Crippen molar-refractivity contribution < 1.29 is 9.84 Å². The predicted molar refractivity (Wildman–Crippen MR) is 117 cm³/mol. The first-order valence-corrected chi connectivity index (χ1v) is 9.16. The summed E-state index contributed by atoms with van der Waals surface area (Å²) in [6, 6.07) is 18.6. The van der Waals surface area contributed by atoms with Gasteiger partial charge < -0.3 is 14.7 Å². The van der Waals surface area contributed by atoms with Gasteiger partial charge in [0.2, 0.25) is 0 Å². The fourth-order valence-corrected chi connectivity index (χ4v) is 3.19. The molecule has 0 spiro atoms. The molecule has 1 N–H and O–H groups in total. The number of para-hydroxylation sites is 1. The molecule has 2 aromatic rings. The van der Waals surface area contributed by atoms with Crippen LogP contribution in [0.4, 0.5) is 5.69 Å². The Bertz CT molecular complexity index is 632. The monoisotopic (exact) mass is 412 g/mol.